The number of piperidine rings is 1. The molecular weight excluding hydrogens is 544 g/mol. The van der Waals surface area contributed by atoms with Gasteiger partial charge in [-0.2, -0.15) is 0 Å². The molecule has 0 bridgehead atoms. The van der Waals surface area contributed by atoms with Gasteiger partial charge >= 0.3 is 0 Å². The summed E-state index contributed by atoms with van der Waals surface area (Å²) in [6.07, 6.45) is 9.44. The lowest BCUT2D eigenvalue weighted by Gasteiger charge is -2.31. The van der Waals surface area contributed by atoms with Gasteiger partial charge in [-0.1, -0.05) is 53.0 Å². The maximum absolute atomic E-state index is 11.4. The number of aldehydes is 1. The van der Waals surface area contributed by atoms with Crippen LogP contribution in [0.4, 0.5) is 5.82 Å². The summed E-state index contributed by atoms with van der Waals surface area (Å²) < 4.78 is 4.80. The maximum atomic E-state index is 11.4. The highest BCUT2D eigenvalue weighted by atomic mass is 32.1. The van der Waals surface area contributed by atoms with Crippen molar-refractivity contribution in [3.63, 3.8) is 0 Å². The van der Waals surface area contributed by atoms with Crippen molar-refractivity contribution in [2.75, 3.05) is 39.2 Å². The average Bonchev–Trinajstić information content (AvgIpc) is 3.42. The van der Waals surface area contributed by atoms with Crippen LogP contribution >= 0.6 is 11.3 Å². The van der Waals surface area contributed by atoms with Crippen LogP contribution in [0.3, 0.4) is 0 Å². The quantitative estimate of drug-likeness (QED) is 0.319. The predicted molar refractivity (Wildman–Crippen MR) is 166 cm³/mol. The molecule has 0 aliphatic carbocycles. The van der Waals surface area contributed by atoms with Crippen LogP contribution in [0.1, 0.15) is 80.0 Å². The van der Waals surface area contributed by atoms with Crippen molar-refractivity contribution in [3.8, 4) is 0 Å². The SMILES string of the molecule is CCC.CCCC.CNC1CCN(C(=O)COC)CC1.Cc1ccc(NC(=O)C=O)nc1.Cc1cnc(C(N)=O)s1. The minimum Gasteiger partial charge on any atom is -0.375 e. The number of methoxy groups -OCH3 is 1. The second-order valence-electron chi connectivity index (χ2n) is 9.05. The minimum atomic E-state index is -0.689. The van der Waals surface area contributed by atoms with E-state index in [4.69, 9.17) is 10.5 Å². The van der Waals surface area contributed by atoms with E-state index in [0.29, 0.717) is 16.9 Å². The Kier molecular flexibility index (Phi) is 25.1. The molecule has 0 saturated carbocycles. The molecule has 0 aromatic carbocycles. The monoisotopic (exact) mass is 594 g/mol. The van der Waals surface area contributed by atoms with Crippen LogP contribution in [0.25, 0.3) is 0 Å². The fourth-order valence-electron chi connectivity index (χ4n) is 2.80. The zero-order chi connectivity index (χ0) is 31.6. The van der Waals surface area contributed by atoms with Gasteiger partial charge in [-0.25, -0.2) is 9.97 Å². The van der Waals surface area contributed by atoms with Gasteiger partial charge in [0.1, 0.15) is 12.4 Å². The Morgan fingerprint density at radius 3 is 2.00 bits per heavy atom. The van der Waals surface area contributed by atoms with Crippen molar-refractivity contribution in [1.29, 1.82) is 0 Å². The Morgan fingerprint density at radius 2 is 1.66 bits per heavy atom. The van der Waals surface area contributed by atoms with Crippen molar-refractivity contribution in [3.05, 3.63) is 40.0 Å². The number of thiazole rings is 1. The molecule has 2 aromatic heterocycles. The van der Waals surface area contributed by atoms with Crippen molar-refractivity contribution in [2.24, 2.45) is 5.73 Å². The zero-order valence-corrected chi connectivity index (χ0v) is 26.8. The normalized spacial score (nSPS) is 12.0. The molecule has 0 spiro atoms. The molecule has 1 aliphatic rings. The van der Waals surface area contributed by atoms with Gasteiger partial charge in [0.15, 0.2) is 5.01 Å². The summed E-state index contributed by atoms with van der Waals surface area (Å²) in [6.45, 7) is 14.3. The number of carbonyl (C=O) groups excluding carboxylic acids is 4. The highest BCUT2D eigenvalue weighted by Crippen LogP contribution is 2.10. The van der Waals surface area contributed by atoms with Crippen LogP contribution in [0.15, 0.2) is 24.5 Å². The highest BCUT2D eigenvalue weighted by molar-refractivity contribution is 7.13. The number of hydrogen-bond acceptors (Lipinski definition) is 9. The molecule has 3 rings (SSSR count). The van der Waals surface area contributed by atoms with Crippen molar-refractivity contribution in [1.82, 2.24) is 20.2 Å². The van der Waals surface area contributed by atoms with Crippen LogP contribution in [0.5, 0.6) is 0 Å². The third-order valence-electron chi connectivity index (χ3n) is 5.13. The van der Waals surface area contributed by atoms with E-state index in [9.17, 15) is 19.2 Å². The molecule has 2 aromatic rings. The standard InChI is InChI=1S/C9H18N2O2.C8H8N2O2.C5H6N2OS.C4H10.C3H8/c1-10-8-3-5-11(6-4-8)9(12)7-13-2;1-6-2-3-7(9-4-6)10-8(12)5-11;1-3-2-7-5(9-3)4(6)8;1-3-4-2;1-3-2/h8,10H,3-7H2,1-2H3;2-5H,1H3,(H,9,10,12);2H,1H3,(H2,6,8);3-4H2,1-2H3;3H2,1-2H3. The Labute approximate surface area is 249 Å². The first-order valence-electron chi connectivity index (χ1n) is 13.9. The number of primary amides is 1. The highest BCUT2D eigenvalue weighted by Gasteiger charge is 2.21. The third-order valence-corrected chi connectivity index (χ3v) is 6.05. The second-order valence-corrected chi connectivity index (χ2v) is 10.3. The fourth-order valence-corrected chi connectivity index (χ4v) is 3.41. The predicted octanol–water partition coefficient (Wildman–Crippen LogP) is 4.14. The number of aryl methyl sites for hydroxylation is 2. The summed E-state index contributed by atoms with van der Waals surface area (Å²) in [5.74, 6) is -0.644. The van der Waals surface area contributed by atoms with Crippen LogP contribution in [0, 0.1) is 13.8 Å². The molecule has 12 heteroatoms. The van der Waals surface area contributed by atoms with Crippen molar-refractivity contribution in [2.45, 2.75) is 79.7 Å². The molecule has 0 radical (unpaired) electrons. The van der Waals surface area contributed by atoms with Crippen molar-refractivity contribution >= 4 is 41.2 Å². The van der Waals surface area contributed by atoms with Crippen LogP contribution < -0.4 is 16.4 Å². The molecule has 4 N–H and O–H groups in total. The van der Waals surface area contributed by atoms with Gasteiger partial charge < -0.3 is 26.0 Å². The Bertz CT molecular complexity index is 974. The van der Waals surface area contributed by atoms with E-state index < -0.39 is 11.8 Å². The van der Waals surface area contributed by atoms with E-state index in [1.165, 1.54) is 30.6 Å². The molecule has 11 nitrogen and oxygen atoms in total. The summed E-state index contributed by atoms with van der Waals surface area (Å²) in [6, 6.07) is 4.01. The first-order valence-corrected chi connectivity index (χ1v) is 14.7. The van der Waals surface area contributed by atoms with Gasteiger partial charge in [-0.3, -0.25) is 19.2 Å². The van der Waals surface area contributed by atoms with E-state index in [-0.39, 0.29) is 18.8 Å². The summed E-state index contributed by atoms with van der Waals surface area (Å²) in [4.78, 5) is 52.8. The van der Waals surface area contributed by atoms with Gasteiger partial charge in [0.25, 0.3) is 11.8 Å². The lowest BCUT2D eigenvalue weighted by atomic mass is 10.1. The first kappa shape index (κ1) is 39.9. The van der Waals surface area contributed by atoms with Crippen LogP contribution in [-0.4, -0.2) is 78.8 Å². The van der Waals surface area contributed by atoms with E-state index in [0.717, 1.165) is 36.4 Å². The number of nitrogens with zero attached hydrogens (tertiary/aromatic N) is 3. The van der Waals surface area contributed by atoms with E-state index in [1.54, 1.807) is 31.6 Å². The molecule has 3 heterocycles. The average molecular weight is 595 g/mol. The first-order chi connectivity index (χ1) is 19.5. The van der Waals surface area contributed by atoms with E-state index >= 15 is 0 Å². The lowest BCUT2D eigenvalue weighted by molar-refractivity contribution is -0.136. The summed E-state index contributed by atoms with van der Waals surface area (Å²) in [5, 5.41) is 5.91. The largest absolute Gasteiger partial charge is 0.375 e. The van der Waals surface area contributed by atoms with Crippen LogP contribution in [0.2, 0.25) is 0 Å². The number of amides is 3. The molecule has 0 unspecified atom stereocenters. The molecule has 232 valence electrons. The number of hydrogen-bond donors (Lipinski definition) is 3. The third kappa shape index (κ3) is 21.2. The molecule has 1 fully saturated rings. The topological polar surface area (TPSA) is 157 Å². The number of rotatable bonds is 7. The smallest absolute Gasteiger partial charge is 0.289 e. The van der Waals surface area contributed by atoms with Gasteiger partial charge in [0, 0.05) is 43.5 Å². The van der Waals surface area contributed by atoms with Gasteiger partial charge in [0.2, 0.25) is 12.2 Å². The Morgan fingerprint density at radius 1 is 1.07 bits per heavy atom. The number of nitrogens with one attached hydrogen (secondary N) is 2. The number of carbonyl (C=O) groups is 4. The van der Waals surface area contributed by atoms with E-state index in [1.807, 2.05) is 25.8 Å². The number of ether oxygens (including phenoxy) is 1. The number of likely N-dealkylation sites (tertiary alicyclic amines) is 1. The van der Waals surface area contributed by atoms with Gasteiger partial charge in [-0.05, 0) is 45.4 Å². The molecule has 0 atom stereocenters. The number of anilines is 1. The number of pyridine rings is 1. The summed E-state index contributed by atoms with van der Waals surface area (Å²) in [5.41, 5.74) is 5.94. The van der Waals surface area contributed by atoms with Gasteiger partial charge in [0.05, 0.1) is 0 Å². The summed E-state index contributed by atoms with van der Waals surface area (Å²) >= 11 is 1.31. The number of aromatic nitrogens is 2. The lowest BCUT2D eigenvalue weighted by Crippen LogP contribution is -2.45. The Hall–Kier alpha value is -3.22. The maximum Gasteiger partial charge on any atom is 0.289 e. The van der Waals surface area contributed by atoms with Gasteiger partial charge in [-0.15, -0.1) is 11.3 Å². The fraction of sp³-hybridized carbons (Fsp3) is 0.586. The number of nitrogens with two attached hydrogens (primary N) is 1. The molecule has 1 saturated heterocycles. The van der Waals surface area contributed by atoms with Crippen molar-refractivity contribution < 1.29 is 23.9 Å². The molecule has 1 aliphatic heterocycles. The molecule has 41 heavy (non-hydrogen) atoms. The number of unbranched alkanes of at least 4 members (excludes halogenated alkanes) is 1. The molecular formula is C29H50N6O5S. The van der Waals surface area contributed by atoms with E-state index in [2.05, 4.69) is 48.3 Å². The summed E-state index contributed by atoms with van der Waals surface area (Å²) in [7, 11) is 3.52. The zero-order valence-electron chi connectivity index (χ0n) is 26.0. The van der Waals surface area contributed by atoms with Crippen LogP contribution in [-0.2, 0) is 19.1 Å². The Balaban J connectivity index is 0. The second kappa shape index (κ2) is 25.7. The minimum absolute atomic E-state index is 0.108. The molecule has 3 amide bonds.